The summed E-state index contributed by atoms with van der Waals surface area (Å²) in [6.45, 7) is 6.47. The molecule has 0 heterocycles. The number of nitrogens with one attached hydrogen (secondary N) is 1. The Morgan fingerprint density at radius 2 is 1.67 bits per heavy atom. The second kappa shape index (κ2) is 7.04. The number of amides is 1. The molecule has 6 nitrogen and oxygen atoms in total. The van der Waals surface area contributed by atoms with Crippen LogP contribution in [0.25, 0.3) is 0 Å². The van der Waals surface area contributed by atoms with E-state index in [0.29, 0.717) is 6.42 Å². The van der Waals surface area contributed by atoms with Crippen molar-refractivity contribution in [2.45, 2.75) is 58.5 Å². The van der Waals surface area contributed by atoms with Crippen LogP contribution in [0, 0.1) is 5.41 Å². The molecule has 0 spiro atoms. The molecule has 0 unspecified atom stereocenters. The summed E-state index contributed by atoms with van der Waals surface area (Å²) in [6.07, 6.45) is -3.84. The molecule has 0 fully saturated rings. The van der Waals surface area contributed by atoms with Crippen LogP contribution in [0.4, 0.5) is 0 Å². The Kier molecular flexibility index (Phi) is 6.77. The fraction of sp³-hybridized carbons (Fsp3) is 0.917. The van der Waals surface area contributed by atoms with Gasteiger partial charge in [-0.05, 0) is 11.8 Å². The highest BCUT2D eigenvalue weighted by molar-refractivity contribution is 5.73. The molecule has 0 aromatic rings. The van der Waals surface area contributed by atoms with Crippen LogP contribution in [-0.2, 0) is 4.79 Å². The predicted molar refractivity (Wildman–Crippen MR) is 66.8 cm³/mol. The van der Waals surface area contributed by atoms with Gasteiger partial charge >= 0.3 is 0 Å². The van der Waals surface area contributed by atoms with Crippen molar-refractivity contribution in [1.82, 2.24) is 5.32 Å². The van der Waals surface area contributed by atoms with Gasteiger partial charge < -0.3 is 25.7 Å². The summed E-state index contributed by atoms with van der Waals surface area (Å²) in [5.74, 6) is -0.325. The molecule has 5 N–H and O–H groups in total. The van der Waals surface area contributed by atoms with Gasteiger partial charge in [-0.25, -0.2) is 0 Å². The molecule has 0 saturated carbocycles. The maximum Gasteiger partial charge on any atom is 0.217 e. The highest BCUT2D eigenvalue weighted by Gasteiger charge is 2.33. The van der Waals surface area contributed by atoms with Crippen LogP contribution < -0.4 is 5.32 Å². The lowest BCUT2D eigenvalue weighted by atomic mass is 9.84. The number of rotatable bonds is 6. The van der Waals surface area contributed by atoms with Gasteiger partial charge in [-0.1, -0.05) is 20.8 Å². The van der Waals surface area contributed by atoms with Crippen molar-refractivity contribution in [1.29, 1.82) is 0 Å². The standard InChI is InChI=1S/C12H25NO5/c1-7(15)13-8(5-12(2,3)4)10(17)11(18)9(16)6-14/h8-11,14,16-18H,5-6H2,1-4H3,(H,13,15)/t8-,9-,10-,11-/m1/s1. The topological polar surface area (TPSA) is 110 Å². The zero-order chi connectivity index (χ0) is 14.5. The van der Waals surface area contributed by atoms with Crippen molar-refractivity contribution in [3.63, 3.8) is 0 Å². The minimum atomic E-state index is -1.51. The van der Waals surface area contributed by atoms with E-state index in [2.05, 4.69) is 5.32 Å². The highest BCUT2D eigenvalue weighted by Crippen LogP contribution is 2.23. The molecular formula is C12H25NO5. The van der Waals surface area contributed by atoms with Crippen molar-refractivity contribution in [3.05, 3.63) is 0 Å². The van der Waals surface area contributed by atoms with Gasteiger partial charge in [0.2, 0.25) is 5.91 Å². The number of aliphatic hydroxyl groups is 4. The first kappa shape index (κ1) is 17.3. The summed E-state index contributed by atoms with van der Waals surface area (Å²) in [5, 5.41) is 40.2. The van der Waals surface area contributed by atoms with E-state index in [0.717, 1.165) is 0 Å². The summed E-state index contributed by atoms with van der Waals surface area (Å²) in [7, 11) is 0. The summed E-state index contributed by atoms with van der Waals surface area (Å²) in [6, 6.07) is -0.682. The van der Waals surface area contributed by atoms with E-state index in [9.17, 15) is 20.1 Å². The van der Waals surface area contributed by atoms with E-state index < -0.39 is 31.0 Å². The molecule has 0 saturated heterocycles. The van der Waals surface area contributed by atoms with E-state index in [1.54, 1.807) is 0 Å². The van der Waals surface area contributed by atoms with Gasteiger partial charge in [0.05, 0.1) is 12.6 Å². The van der Waals surface area contributed by atoms with Crippen molar-refractivity contribution in [2.75, 3.05) is 6.61 Å². The van der Waals surface area contributed by atoms with Crippen molar-refractivity contribution < 1.29 is 25.2 Å². The lowest BCUT2D eigenvalue weighted by molar-refractivity contribution is -0.124. The van der Waals surface area contributed by atoms with Crippen LogP contribution in [0.3, 0.4) is 0 Å². The largest absolute Gasteiger partial charge is 0.394 e. The molecule has 0 aromatic heterocycles. The molecule has 0 aliphatic carbocycles. The van der Waals surface area contributed by atoms with Gasteiger partial charge in [0.25, 0.3) is 0 Å². The number of hydrogen-bond acceptors (Lipinski definition) is 5. The van der Waals surface area contributed by atoms with Crippen LogP contribution in [-0.4, -0.2) is 57.3 Å². The van der Waals surface area contributed by atoms with Gasteiger partial charge in [-0.3, -0.25) is 4.79 Å². The van der Waals surface area contributed by atoms with Gasteiger partial charge in [-0.2, -0.15) is 0 Å². The average Bonchev–Trinajstić information content (AvgIpc) is 2.22. The van der Waals surface area contributed by atoms with Gasteiger partial charge in [-0.15, -0.1) is 0 Å². The Morgan fingerprint density at radius 1 is 1.17 bits per heavy atom. The molecule has 0 aliphatic heterocycles. The molecule has 0 aromatic carbocycles. The Hall–Kier alpha value is -0.690. The number of carbonyl (C=O) groups is 1. The number of hydrogen-bond donors (Lipinski definition) is 5. The van der Waals surface area contributed by atoms with E-state index >= 15 is 0 Å². The van der Waals surface area contributed by atoms with Crippen molar-refractivity contribution in [2.24, 2.45) is 5.41 Å². The second-order valence-electron chi connectivity index (χ2n) is 5.80. The molecule has 0 rings (SSSR count). The van der Waals surface area contributed by atoms with Crippen LogP contribution >= 0.6 is 0 Å². The zero-order valence-corrected chi connectivity index (χ0v) is 11.4. The maximum atomic E-state index is 11.1. The third-order valence-corrected chi connectivity index (χ3v) is 2.56. The normalized spacial score (nSPS) is 18.9. The Labute approximate surface area is 108 Å². The predicted octanol–water partition coefficient (Wildman–Crippen LogP) is -0.998. The van der Waals surface area contributed by atoms with Gasteiger partial charge in [0, 0.05) is 6.92 Å². The minimum absolute atomic E-state index is 0.169. The first-order valence-corrected chi connectivity index (χ1v) is 6.00. The van der Waals surface area contributed by atoms with E-state index in [1.165, 1.54) is 6.92 Å². The molecule has 0 radical (unpaired) electrons. The average molecular weight is 263 g/mol. The third kappa shape index (κ3) is 6.30. The smallest absolute Gasteiger partial charge is 0.217 e. The molecule has 18 heavy (non-hydrogen) atoms. The summed E-state index contributed by atoms with van der Waals surface area (Å²) < 4.78 is 0. The monoisotopic (exact) mass is 263 g/mol. The summed E-state index contributed by atoms with van der Waals surface area (Å²) in [5.41, 5.74) is -0.169. The van der Waals surface area contributed by atoms with Gasteiger partial charge in [0.15, 0.2) is 0 Å². The lowest BCUT2D eigenvalue weighted by Crippen LogP contribution is -2.53. The fourth-order valence-electron chi connectivity index (χ4n) is 1.75. The maximum absolute atomic E-state index is 11.1. The summed E-state index contributed by atoms with van der Waals surface area (Å²) in [4.78, 5) is 11.1. The molecule has 1 amide bonds. The quantitative estimate of drug-likeness (QED) is 0.422. The summed E-state index contributed by atoms with van der Waals surface area (Å²) >= 11 is 0. The van der Waals surface area contributed by atoms with Crippen LogP contribution in [0.15, 0.2) is 0 Å². The Bertz CT molecular complexity index is 264. The Morgan fingerprint density at radius 3 is 2.00 bits per heavy atom. The highest BCUT2D eigenvalue weighted by atomic mass is 16.4. The third-order valence-electron chi connectivity index (χ3n) is 2.56. The van der Waals surface area contributed by atoms with Crippen molar-refractivity contribution >= 4 is 5.91 Å². The molecule has 108 valence electrons. The first-order chi connectivity index (χ1) is 8.08. The molecule has 6 heteroatoms. The molecule has 4 atom stereocenters. The van der Waals surface area contributed by atoms with E-state index in [1.807, 2.05) is 20.8 Å². The lowest BCUT2D eigenvalue weighted by Gasteiger charge is -2.33. The second-order valence-corrected chi connectivity index (χ2v) is 5.80. The SMILES string of the molecule is CC(=O)N[C@H](CC(C)(C)C)[C@@H](O)[C@H](O)[C@H](O)CO. The number of carbonyl (C=O) groups excluding carboxylic acids is 1. The van der Waals surface area contributed by atoms with Crippen LogP contribution in [0.5, 0.6) is 0 Å². The fourth-order valence-corrected chi connectivity index (χ4v) is 1.75. The van der Waals surface area contributed by atoms with Crippen LogP contribution in [0.2, 0.25) is 0 Å². The van der Waals surface area contributed by atoms with E-state index in [-0.39, 0.29) is 11.3 Å². The van der Waals surface area contributed by atoms with Crippen LogP contribution in [0.1, 0.15) is 34.1 Å². The Balaban J connectivity index is 4.78. The van der Waals surface area contributed by atoms with E-state index in [4.69, 9.17) is 5.11 Å². The van der Waals surface area contributed by atoms with Gasteiger partial charge in [0.1, 0.15) is 18.3 Å². The first-order valence-electron chi connectivity index (χ1n) is 6.00. The number of aliphatic hydroxyl groups excluding tert-OH is 4. The molecule has 0 aliphatic rings. The molecular weight excluding hydrogens is 238 g/mol. The molecule has 0 bridgehead atoms. The van der Waals surface area contributed by atoms with Crippen molar-refractivity contribution in [3.8, 4) is 0 Å². The zero-order valence-electron chi connectivity index (χ0n) is 11.4. The minimum Gasteiger partial charge on any atom is -0.394 e.